The quantitative estimate of drug-likeness (QED) is 0.835. The van der Waals surface area contributed by atoms with E-state index in [9.17, 15) is 9.59 Å². The Morgan fingerprint density at radius 2 is 1.95 bits per heavy atom. The first-order chi connectivity index (χ1) is 9.93. The van der Waals surface area contributed by atoms with Crippen molar-refractivity contribution in [3.05, 3.63) is 0 Å². The molecule has 1 N–H and O–H groups in total. The van der Waals surface area contributed by atoms with Gasteiger partial charge in [-0.25, -0.2) is 4.79 Å². The molecule has 120 valence electrons. The average Bonchev–Trinajstić information content (AvgIpc) is 2.46. The molecule has 2 saturated heterocycles. The van der Waals surface area contributed by atoms with Gasteiger partial charge in [-0.3, -0.25) is 9.69 Å². The molecule has 0 aromatic carbocycles. The number of amides is 2. The van der Waals surface area contributed by atoms with Gasteiger partial charge in [-0.1, -0.05) is 6.92 Å². The largest absolute Gasteiger partial charge is 0.481 e. The van der Waals surface area contributed by atoms with Crippen molar-refractivity contribution in [2.75, 3.05) is 33.2 Å². The van der Waals surface area contributed by atoms with Crippen LogP contribution >= 0.6 is 0 Å². The van der Waals surface area contributed by atoms with Gasteiger partial charge in [-0.15, -0.1) is 0 Å². The van der Waals surface area contributed by atoms with Crippen molar-refractivity contribution in [3.8, 4) is 0 Å². The summed E-state index contributed by atoms with van der Waals surface area (Å²) in [5, 5.41) is 9.11. The number of piperazine rings is 1. The summed E-state index contributed by atoms with van der Waals surface area (Å²) >= 11 is 0. The Morgan fingerprint density at radius 1 is 1.24 bits per heavy atom. The molecule has 0 spiro atoms. The third-order valence-electron chi connectivity index (χ3n) is 4.99. The molecule has 0 aromatic heterocycles. The van der Waals surface area contributed by atoms with Crippen molar-refractivity contribution < 1.29 is 14.7 Å². The highest BCUT2D eigenvalue weighted by atomic mass is 16.4. The molecule has 3 unspecified atom stereocenters. The van der Waals surface area contributed by atoms with Crippen LogP contribution in [0.25, 0.3) is 0 Å². The van der Waals surface area contributed by atoms with Crippen LogP contribution in [-0.4, -0.2) is 77.1 Å². The lowest BCUT2D eigenvalue weighted by Crippen LogP contribution is -2.58. The molecule has 0 aliphatic carbocycles. The number of urea groups is 1. The van der Waals surface area contributed by atoms with Gasteiger partial charge in [0.25, 0.3) is 0 Å². The topological polar surface area (TPSA) is 64.1 Å². The monoisotopic (exact) mass is 297 g/mol. The van der Waals surface area contributed by atoms with Gasteiger partial charge in [0.15, 0.2) is 0 Å². The number of nitrogens with zero attached hydrogens (tertiary/aromatic N) is 3. The summed E-state index contributed by atoms with van der Waals surface area (Å²) in [6.45, 7) is 7.11. The standard InChI is InChI=1S/C15H27N3O3/c1-4-13-10-17(8-7-16(13)3)15(21)18-6-5-12(14(19)20)9-11(18)2/h11-13H,4-10H2,1-3H3,(H,19,20). The van der Waals surface area contributed by atoms with Crippen molar-refractivity contribution in [2.45, 2.75) is 45.2 Å². The van der Waals surface area contributed by atoms with E-state index in [1.165, 1.54) is 0 Å². The second kappa shape index (κ2) is 6.64. The summed E-state index contributed by atoms with van der Waals surface area (Å²) in [7, 11) is 2.11. The number of rotatable bonds is 2. The van der Waals surface area contributed by atoms with Crippen molar-refractivity contribution >= 4 is 12.0 Å². The normalized spacial score (nSPS) is 31.3. The Bertz CT molecular complexity index is 402. The number of hydrogen-bond acceptors (Lipinski definition) is 3. The minimum atomic E-state index is -0.736. The lowest BCUT2D eigenvalue weighted by Gasteiger charge is -2.44. The maximum Gasteiger partial charge on any atom is 0.320 e. The van der Waals surface area contributed by atoms with Crippen LogP contribution in [0.3, 0.4) is 0 Å². The summed E-state index contributed by atoms with van der Waals surface area (Å²) in [6, 6.07) is 0.513. The number of carbonyl (C=O) groups is 2. The van der Waals surface area contributed by atoms with Crippen LogP contribution in [0.2, 0.25) is 0 Å². The highest BCUT2D eigenvalue weighted by molar-refractivity contribution is 5.76. The van der Waals surface area contributed by atoms with Gasteiger partial charge in [0.2, 0.25) is 0 Å². The van der Waals surface area contributed by atoms with Gasteiger partial charge in [-0.2, -0.15) is 0 Å². The third kappa shape index (κ3) is 3.48. The molecule has 6 heteroatoms. The maximum absolute atomic E-state index is 12.7. The molecule has 2 fully saturated rings. The number of carbonyl (C=O) groups excluding carboxylic acids is 1. The smallest absolute Gasteiger partial charge is 0.320 e. The van der Waals surface area contributed by atoms with Gasteiger partial charge in [0.05, 0.1) is 5.92 Å². The van der Waals surface area contributed by atoms with E-state index in [2.05, 4.69) is 18.9 Å². The molecule has 2 heterocycles. The van der Waals surface area contributed by atoms with Crippen molar-refractivity contribution in [1.82, 2.24) is 14.7 Å². The van der Waals surface area contributed by atoms with Crippen molar-refractivity contribution in [2.24, 2.45) is 5.92 Å². The summed E-state index contributed by atoms with van der Waals surface area (Å²) in [5.41, 5.74) is 0. The van der Waals surface area contributed by atoms with E-state index in [4.69, 9.17) is 5.11 Å². The molecule has 2 rings (SSSR count). The molecule has 3 atom stereocenters. The molecule has 2 amide bonds. The Labute approximate surface area is 126 Å². The number of hydrogen-bond donors (Lipinski definition) is 1. The summed E-state index contributed by atoms with van der Waals surface area (Å²) < 4.78 is 0. The number of aliphatic carboxylic acids is 1. The molecule has 21 heavy (non-hydrogen) atoms. The van der Waals surface area contributed by atoms with Gasteiger partial charge in [0, 0.05) is 38.3 Å². The summed E-state index contributed by atoms with van der Waals surface area (Å²) in [4.78, 5) is 29.9. The minimum absolute atomic E-state index is 0.00656. The zero-order valence-corrected chi connectivity index (χ0v) is 13.3. The van der Waals surface area contributed by atoms with Gasteiger partial charge in [-0.05, 0) is 33.2 Å². The third-order valence-corrected chi connectivity index (χ3v) is 4.99. The molecule has 0 saturated carbocycles. The SMILES string of the molecule is CCC1CN(C(=O)N2CCC(C(=O)O)CC2C)CCN1C. The predicted octanol–water partition coefficient (Wildman–Crippen LogP) is 1.32. The Morgan fingerprint density at radius 3 is 2.52 bits per heavy atom. The van der Waals surface area contributed by atoms with Gasteiger partial charge >= 0.3 is 12.0 Å². The fourth-order valence-electron chi connectivity index (χ4n) is 3.42. The van der Waals surface area contributed by atoms with E-state index in [0.29, 0.717) is 25.4 Å². The van der Waals surface area contributed by atoms with E-state index < -0.39 is 5.97 Å². The van der Waals surface area contributed by atoms with Gasteiger partial charge < -0.3 is 14.9 Å². The lowest BCUT2D eigenvalue weighted by molar-refractivity contribution is -0.143. The Balaban J connectivity index is 1.96. The van der Waals surface area contributed by atoms with E-state index in [1.54, 1.807) is 0 Å². The minimum Gasteiger partial charge on any atom is -0.481 e. The van der Waals surface area contributed by atoms with E-state index >= 15 is 0 Å². The zero-order valence-electron chi connectivity index (χ0n) is 13.3. The molecule has 2 aliphatic rings. The van der Waals surface area contributed by atoms with E-state index in [0.717, 1.165) is 26.1 Å². The van der Waals surface area contributed by atoms with Crippen LogP contribution in [0.5, 0.6) is 0 Å². The fraction of sp³-hybridized carbons (Fsp3) is 0.867. The van der Waals surface area contributed by atoms with Crippen LogP contribution in [-0.2, 0) is 4.79 Å². The van der Waals surface area contributed by atoms with Crippen LogP contribution in [0, 0.1) is 5.92 Å². The Hall–Kier alpha value is -1.30. The zero-order chi connectivity index (χ0) is 15.6. The van der Waals surface area contributed by atoms with E-state index in [-0.39, 0.29) is 18.0 Å². The molecule has 0 radical (unpaired) electrons. The summed E-state index contributed by atoms with van der Waals surface area (Å²) in [5.74, 6) is -1.04. The fourth-order valence-corrected chi connectivity index (χ4v) is 3.42. The maximum atomic E-state index is 12.7. The Kier molecular flexibility index (Phi) is 5.08. The first-order valence-electron chi connectivity index (χ1n) is 7.92. The second-order valence-electron chi connectivity index (χ2n) is 6.37. The molecule has 0 aromatic rings. The highest BCUT2D eigenvalue weighted by Gasteiger charge is 2.35. The lowest BCUT2D eigenvalue weighted by atomic mass is 9.92. The number of likely N-dealkylation sites (N-methyl/N-ethyl adjacent to an activating group) is 1. The number of carboxylic acid groups (broad SMARTS) is 1. The molecule has 2 aliphatic heterocycles. The van der Waals surface area contributed by atoms with Crippen LogP contribution in [0.15, 0.2) is 0 Å². The number of carboxylic acids is 1. The van der Waals surface area contributed by atoms with Crippen LogP contribution in [0.4, 0.5) is 4.79 Å². The van der Waals surface area contributed by atoms with Crippen LogP contribution < -0.4 is 0 Å². The number of piperidine rings is 1. The predicted molar refractivity (Wildman–Crippen MR) is 80.2 cm³/mol. The second-order valence-corrected chi connectivity index (χ2v) is 6.37. The average molecular weight is 297 g/mol. The first-order valence-corrected chi connectivity index (χ1v) is 7.92. The van der Waals surface area contributed by atoms with Crippen molar-refractivity contribution in [1.29, 1.82) is 0 Å². The summed E-state index contributed by atoms with van der Waals surface area (Å²) in [6.07, 6.45) is 2.17. The first kappa shape index (κ1) is 16.1. The van der Waals surface area contributed by atoms with Crippen molar-refractivity contribution in [3.63, 3.8) is 0 Å². The molecule has 0 bridgehead atoms. The number of likely N-dealkylation sites (tertiary alicyclic amines) is 1. The molecule has 6 nitrogen and oxygen atoms in total. The molecular formula is C15H27N3O3. The van der Waals surface area contributed by atoms with E-state index in [1.807, 2.05) is 16.7 Å². The van der Waals surface area contributed by atoms with Gasteiger partial charge in [0.1, 0.15) is 0 Å². The van der Waals surface area contributed by atoms with Crippen LogP contribution in [0.1, 0.15) is 33.1 Å². The molecular weight excluding hydrogens is 270 g/mol. The highest BCUT2D eigenvalue weighted by Crippen LogP contribution is 2.25.